The first-order chi connectivity index (χ1) is 16.1. The molecule has 192 valence electrons. The number of carbonyl (C=O) groups excluding carboxylic acids is 2. The van der Waals surface area contributed by atoms with Gasteiger partial charge in [0.1, 0.15) is 5.78 Å². The van der Waals surface area contributed by atoms with Gasteiger partial charge in [0, 0.05) is 17.8 Å². The third-order valence-corrected chi connectivity index (χ3v) is 13.0. The van der Waals surface area contributed by atoms with Crippen LogP contribution in [0.5, 0.6) is 0 Å². The van der Waals surface area contributed by atoms with Crippen molar-refractivity contribution in [1.82, 2.24) is 0 Å². The van der Waals surface area contributed by atoms with Crippen LogP contribution in [0.25, 0.3) is 4.85 Å². The van der Waals surface area contributed by atoms with E-state index >= 15 is 0 Å². The van der Waals surface area contributed by atoms with Gasteiger partial charge in [0.05, 0.1) is 6.57 Å². The molecule has 0 aliphatic heterocycles. The lowest BCUT2D eigenvalue weighted by Crippen LogP contribution is -2.69. The molecule has 2 N–H and O–H groups in total. The molecule has 35 heavy (non-hydrogen) atoms. The monoisotopic (exact) mass is 478 g/mol. The number of nitrogens with zero attached hydrogens (tertiary/aromatic N) is 1. The standard InChI is InChI=1S/C31H46N2O2/c1-26(2)11-13-31(18-32)14-12-30(7)24(19(31)16-26)21(34)15-23-28(5)17-20(33-8)25(35)27(3,4)22(28)9-10-29(23,30)6/h17,19,22-24H,9-16,18,32H2,1-7H3/t19-,22-,23+,24-,28-,29+,30+,31+/m0/s1. The van der Waals surface area contributed by atoms with Crippen LogP contribution in [0.4, 0.5) is 0 Å². The molecule has 0 heterocycles. The van der Waals surface area contributed by atoms with Crippen molar-refractivity contribution in [3.05, 3.63) is 23.2 Å². The maximum atomic E-state index is 14.4. The Hall–Kier alpha value is -1.47. The fraction of sp³-hybridized carbons (Fsp3) is 0.839. The minimum absolute atomic E-state index is 0.000714. The van der Waals surface area contributed by atoms with Gasteiger partial charge in [0.15, 0.2) is 5.78 Å². The Bertz CT molecular complexity index is 1050. The predicted molar refractivity (Wildman–Crippen MR) is 139 cm³/mol. The Kier molecular flexibility index (Phi) is 5.26. The predicted octanol–water partition coefficient (Wildman–Crippen LogP) is 6.60. The molecule has 4 nitrogen and oxygen atoms in total. The lowest BCUT2D eigenvalue weighted by Gasteiger charge is -2.72. The van der Waals surface area contributed by atoms with Crippen LogP contribution in [-0.4, -0.2) is 18.1 Å². The van der Waals surface area contributed by atoms with Gasteiger partial charge >= 0.3 is 0 Å². The zero-order chi connectivity index (χ0) is 25.8. The van der Waals surface area contributed by atoms with Crippen molar-refractivity contribution in [2.45, 2.75) is 99.8 Å². The number of fused-ring (bicyclic) bond motifs is 7. The second kappa shape index (κ2) is 7.31. The first kappa shape index (κ1) is 25.2. The van der Waals surface area contributed by atoms with Crippen molar-refractivity contribution < 1.29 is 9.59 Å². The molecule has 0 bridgehead atoms. The van der Waals surface area contributed by atoms with Crippen LogP contribution in [-0.2, 0) is 9.59 Å². The van der Waals surface area contributed by atoms with E-state index in [9.17, 15) is 9.59 Å². The van der Waals surface area contributed by atoms with Gasteiger partial charge in [0.2, 0.25) is 5.70 Å². The first-order valence-electron chi connectivity index (χ1n) is 14.0. The second-order valence-corrected chi connectivity index (χ2v) is 15.2. The summed E-state index contributed by atoms with van der Waals surface area (Å²) in [5.41, 5.74) is 6.20. The van der Waals surface area contributed by atoms with Gasteiger partial charge in [-0.15, -0.1) is 0 Å². The van der Waals surface area contributed by atoms with Gasteiger partial charge in [-0.2, -0.15) is 0 Å². The summed E-state index contributed by atoms with van der Waals surface area (Å²) >= 11 is 0. The Morgan fingerprint density at radius 3 is 2.23 bits per heavy atom. The molecular weight excluding hydrogens is 432 g/mol. The highest BCUT2D eigenvalue weighted by Crippen LogP contribution is 2.75. The van der Waals surface area contributed by atoms with Crippen LogP contribution >= 0.6 is 0 Å². The van der Waals surface area contributed by atoms with E-state index in [0.717, 1.165) is 38.5 Å². The maximum absolute atomic E-state index is 14.4. The molecule has 0 aromatic rings. The molecule has 0 saturated heterocycles. The summed E-state index contributed by atoms with van der Waals surface area (Å²) in [6, 6.07) is 0. The van der Waals surface area contributed by atoms with Crippen molar-refractivity contribution >= 4 is 11.6 Å². The van der Waals surface area contributed by atoms with Crippen LogP contribution in [0.1, 0.15) is 99.8 Å². The van der Waals surface area contributed by atoms with Crippen LogP contribution in [0.2, 0.25) is 0 Å². The molecule has 0 aromatic carbocycles. The fourth-order valence-electron chi connectivity index (χ4n) is 10.7. The van der Waals surface area contributed by atoms with Crippen molar-refractivity contribution in [3.63, 3.8) is 0 Å². The van der Waals surface area contributed by atoms with Gasteiger partial charge in [0.25, 0.3) is 0 Å². The van der Waals surface area contributed by atoms with Gasteiger partial charge in [-0.25, -0.2) is 4.85 Å². The van der Waals surface area contributed by atoms with Gasteiger partial charge < -0.3 is 10.5 Å². The molecule has 5 rings (SSSR count). The zero-order valence-electron chi connectivity index (χ0n) is 23.1. The van der Waals surface area contributed by atoms with Crippen LogP contribution in [0.3, 0.4) is 0 Å². The largest absolute Gasteiger partial charge is 0.330 e. The van der Waals surface area contributed by atoms with E-state index < -0.39 is 5.41 Å². The summed E-state index contributed by atoms with van der Waals surface area (Å²) < 4.78 is 0. The highest BCUT2D eigenvalue weighted by atomic mass is 16.1. The summed E-state index contributed by atoms with van der Waals surface area (Å²) in [4.78, 5) is 31.2. The topological polar surface area (TPSA) is 64.5 Å². The number of hydrogen-bond acceptors (Lipinski definition) is 3. The van der Waals surface area contributed by atoms with E-state index in [1.165, 1.54) is 6.42 Å². The van der Waals surface area contributed by atoms with Crippen LogP contribution in [0.15, 0.2) is 11.8 Å². The number of Topliss-reactive ketones (excluding diaryl/α,β-unsaturated/α-hetero) is 2. The highest BCUT2D eigenvalue weighted by molar-refractivity contribution is 6.02. The molecule has 4 heteroatoms. The van der Waals surface area contributed by atoms with Crippen molar-refractivity contribution in [1.29, 1.82) is 0 Å². The number of ketones is 2. The van der Waals surface area contributed by atoms with Gasteiger partial charge in [-0.05, 0) is 96.3 Å². The summed E-state index contributed by atoms with van der Waals surface area (Å²) in [6.45, 7) is 24.4. The SMILES string of the molecule is [C-]#[N+]C1=C[C@]2(C)[C@H]3CC(=O)[C@@H]4[C@@H]5CC(C)(C)CC[C@]5(CN)CC[C@@]4(C)[C@]3(C)CC[C@H]2C(C)(C)C1=O. The lowest BCUT2D eigenvalue weighted by molar-refractivity contribution is -0.221. The number of allylic oxidation sites excluding steroid dienone is 2. The Morgan fingerprint density at radius 2 is 1.60 bits per heavy atom. The molecule has 4 fully saturated rings. The third-order valence-electron chi connectivity index (χ3n) is 13.0. The smallest absolute Gasteiger partial charge is 0.226 e. The van der Waals surface area contributed by atoms with E-state index in [1.54, 1.807) is 0 Å². The Morgan fingerprint density at radius 1 is 0.943 bits per heavy atom. The minimum Gasteiger partial charge on any atom is -0.330 e. The van der Waals surface area contributed by atoms with Gasteiger partial charge in [-0.1, -0.05) is 54.5 Å². The van der Waals surface area contributed by atoms with E-state index in [4.69, 9.17) is 12.3 Å². The first-order valence-corrected chi connectivity index (χ1v) is 14.0. The van der Waals surface area contributed by atoms with E-state index in [1.807, 2.05) is 19.9 Å². The van der Waals surface area contributed by atoms with E-state index in [0.29, 0.717) is 24.7 Å². The molecule has 0 aromatic heterocycles. The molecule has 0 radical (unpaired) electrons. The van der Waals surface area contributed by atoms with Crippen molar-refractivity contribution in [3.8, 4) is 0 Å². The number of rotatable bonds is 1. The van der Waals surface area contributed by atoms with Gasteiger partial charge in [-0.3, -0.25) is 4.79 Å². The van der Waals surface area contributed by atoms with Crippen molar-refractivity contribution in [2.24, 2.45) is 61.9 Å². The maximum Gasteiger partial charge on any atom is 0.226 e. The van der Waals surface area contributed by atoms with Crippen molar-refractivity contribution in [2.75, 3.05) is 6.54 Å². The summed E-state index contributed by atoms with van der Waals surface area (Å²) in [5.74, 6) is 1.19. The average molecular weight is 479 g/mol. The molecule has 8 atom stereocenters. The summed E-state index contributed by atoms with van der Waals surface area (Å²) in [6.07, 6.45) is 10.3. The summed E-state index contributed by atoms with van der Waals surface area (Å²) in [7, 11) is 0. The quantitative estimate of drug-likeness (QED) is 0.432. The number of carbonyl (C=O) groups is 2. The number of hydrogen-bond donors (Lipinski definition) is 1. The summed E-state index contributed by atoms with van der Waals surface area (Å²) in [5, 5.41) is 0. The third kappa shape index (κ3) is 3.00. The van der Waals surface area contributed by atoms with E-state index in [2.05, 4.69) is 39.5 Å². The number of nitrogens with two attached hydrogens (primary N) is 1. The lowest BCUT2D eigenvalue weighted by atomic mass is 9.31. The molecule has 5 aliphatic rings. The molecular formula is C31H46N2O2. The zero-order valence-corrected chi connectivity index (χ0v) is 23.1. The van der Waals surface area contributed by atoms with Crippen LogP contribution in [0, 0.1) is 62.7 Å². The Labute approximate surface area is 212 Å². The average Bonchev–Trinajstić information content (AvgIpc) is 2.77. The molecule has 5 aliphatic carbocycles. The highest BCUT2D eigenvalue weighted by Gasteiger charge is 2.71. The normalized spacial score (nSPS) is 50.1. The van der Waals surface area contributed by atoms with E-state index in [-0.39, 0.29) is 56.3 Å². The Balaban J connectivity index is 1.63. The fourth-order valence-corrected chi connectivity index (χ4v) is 10.7. The minimum atomic E-state index is -0.569. The molecule has 0 amide bonds. The van der Waals surface area contributed by atoms with Crippen LogP contribution < -0.4 is 5.73 Å². The molecule has 0 spiro atoms. The second-order valence-electron chi connectivity index (χ2n) is 15.2. The molecule has 4 saturated carbocycles. The molecule has 0 unspecified atom stereocenters.